The normalized spacial score (nSPS) is 34.9. The van der Waals surface area contributed by atoms with E-state index >= 15 is 0 Å². The van der Waals surface area contributed by atoms with E-state index in [9.17, 15) is 0 Å². The second-order valence-electron chi connectivity index (χ2n) is 7.19. The van der Waals surface area contributed by atoms with E-state index in [1.54, 1.807) is 44.9 Å². The molecule has 0 aromatic rings. The molecule has 0 amide bonds. The first-order valence-electron chi connectivity index (χ1n) is 8.41. The zero-order chi connectivity index (χ0) is 11.6. The van der Waals surface area contributed by atoms with Crippen LogP contribution >= 0.6 is 0 Å². The standard InChI is InChI=1S/C17H30/c1-2-4-8-12-17(13-9-5-3-1)14-16(17)15-10-6-7-11-15/h15-16H,1-14H2. The monoisotopic (exact) mass is 234 g/mol. The molecule has 0 heterocycles. The van der Waals surface area contributed by atoms with Crippen LogP contribution < -0.4 is 0 Å². The minimum atomic E-state index is 0.867. The molecule has 1 spiro atoms. The average molecular weight is 234 g/mol. The van der Waals surface area contributed by atoms with Gasteiger partial charge in [-0.1, -0.05) is 70.6 Å². The molecule has 3 saturated carbocycles. The van der Waals surface area contributed by atoms with Gasteiger partial charge in [0.1, 0.15) is 0 Å². The fourth-order valence-corrected chi connectivity index (χ4v) is 4.94. The molecular formula is C17H30. The van der Waals surface area contributed by atoms with Crippen molar-refractivity contribution in [2.24, 2.45) is 17.3 Å². The van der Waals surface area contributed by atoms with E-state index in [1.165, 1.54) is 50.9 Å². The molecule has 0 nitrogen and oxygen atoms in total. The zero-order valence-corrected chi connectivity index (χ0v) is 11.6. The highest BCUT2D eigenvalue weighted by atomic mass is 14.6. The maximum atomic E-state index is 1.62. The van der Waals surface area contributed by atoms with E-state index in [2.05, 4.69) is 0 Å². The van der Waals surface area contributed by atoms with E-state index in [1.807, 2.05) is 0 Å². The second-order valence-corrected chi connectivity index (χ2v) is 7.19. The SMILES string of the molecule is C1CCCCC2(CCCC1)CC2C1CCCC1. The lowest BCUT2D eigenvalue weighted by molar-refractivity contribution is 0.296. The van der Waals surface area contributed by atoms with Gasteiger partial charge in [-0.15, -0.1) is 0 Å². The van der Waals surface area contributed by atoms with Crippen LogP contribution in [-0.4, -0.2) is 0 Å². The van der Waals surface area contributed by atoms with Crippen molar-refractivity contribution < 1.29 is 0 Å². The van der Waals surface area contributed by atoms with Gasteiger partial charge in [0.2, 0.25) is 0 Å². The Bertz CT molecular complexity index is 226. The van der Waals surface area contributed by atoms with Crippen LogP contribution in [0.15, 0.2) is 0 Å². The summed E-state index contributed by atoms with van der Waals surface area (Å²) in [4.78, 5) is 0. The Kier molecular flexibility index (Phi) is 3.78. The summed E-state index contributed by atoms with van der Waals surface area (Å²) in [7, 11) is 0. The molecule has 17 heavy (non-hydrogen) atoms. The molecule has 0 aromatic heterocycles. The fourth-order valence-electron chi connectivity index (χ4n) is 4.94. The quantitative estimate of drug-likeness (QED) is 0.545. The second kappa shape index (κ2) is 5.33. The number of hydrogen-bond donors (Lipinski definition) is 0. The summed E-state index contributed by atoms with van der Waals surface area (Å²) in [5, 5.41) is 0. The van der Waals surface area contributed by atoms with Crippen LogP contribution in [-0.2, 0) is 0 Å². The van der Waals surface area contributed by atoms with Gasteiger partial charge in [0.25, 0.3) is 0 Å². The molecule has 3 rings (SSSR count). The number of rotatable bonds is 1. The van der Waals surface area contributed by atoms with Gasteiger partial charge >= 0.3 is 0 Å². The first kappa shape index (κ1) is 12.1. The Morgan fingerprint density at radius 3 is 1.71 bits per heavy atom. The fraction of sp³-hybridized carbons (Fsp3) is 1.00. The summed E-state index contributed by atoms with van der Waals surface area (Å²) in [6, 6.07) is 0. The molecule has 98 valence electrons. The predicted molar refractivity (Wildman–Crippen MR) is 74.1 cm³/mol. The van der Waals surface area contributed by atoms with E-state index in [0.717, 1.165) is 11.3 Å². The smallest absolute Gasteiger partial charge is 0.0263 e. The third kappa shape index (κ3) is 2.71. The Hall–Kier alpha value is 0. The highest BCUT2D eigenvalue weighted by Crippen LogP contribution is 2.65. The lowest BCUT2D eigenvalue weighted by Crippen LogP contribution is -2.10. The lowest BCUT2D eigenvalue weighted by Gasteiger charge is -2.21. The van der Waals surface area contributed by atoms with Gasteiger partial charge in [0.05, 0.1) is 0 Å². The van der Waals surface area contributed by atoms with Gasteiger partial charge in [-0.3, -0.25) is 0 Å². The molecule has 1 unspecified atom stereocenters. The minimum absolute atomic E-state index is 0.867. The van der Waals surface area contributed by atoms with Crippen LogP contribution in [0.25, 0.3) is 0 Å². The highest BCUT2D eigenvalue weighted by molar-refractivity contribution is 5.05. The molecule has 3 aliphatic rings. The molecule has 3 aliphatic carbocycles. The third-order valence-electron chi connectivity index (χ3n) is 6.07. The molecule has 3 fully saturated rings. The van der Waals surface area contributed by atoms with Gasteiger partial charge in [-0.2, -0.15) is 0 Å². The highest BCUT2D eigenvalue weighted by Gasteiger charge is 2.55. The van der Waals surface area contributed by atoms with Gasteiger partial charge in [0, 0.05) is 0 Å². The van der Waals surface area contributed by atoms with Crippen LogP contribution in [0, 0.1) is 17.3 Å². The Labute approximate surface area is 108 Å². The van der Waals surface area contributed by atoms with E-state index in [0.29, 0.717) is 0 Å². The summed E-state index contributed by atoms with van der Waals surface area (Å²) >= 11 is 0. The molecule has 0 heteroatoms. The average Bonchev–Trinajstić information content (AvgIpc) is 2.82. The maximum absolute atomic E-state index is 1.62. The molecule has 0 saturated heterocycles. The van der Waals surface area contributed by atoms with Crippen molar-refractivity contribution in [3.63, 3.8) is 0 Å². The summed E-state index contributed by atoms with van der Waals surface area (Å²) in [5.41, 5.74) is 0.867. The molecule has 0 radical (unpaired) electrons. The molecule has 0 aliphatic heterocycles. The van der Waals surface area contributed by atoms with Gasteiger partial charge in [-0.25, -0.2) is 0 Å². The van der Waals surface area contributed by atoms with Crippen molar-refractivity contribution in [2.75, 3.05) is 0 Å². The third-order valence-corrected chi connectivity index (χ3v) is 6.07. The van der Waals surface area contributed by atoms with Crippen molar-refractivity contribution in [3.8, 4) is 0 Å². The molecule has 0 aromatic carbocycles. The number of hydrogen-bond acceptors (Lipinski definition) is 0. The van der Waals surface area contributed by atoms with Crippen LogP contribution in [0.1, 0.15) is 89.9 Å². The molecule has 0 N–H and O–H groups in total. The van der Waals surface area contributed by atoms with E-state index in [-0.39, 0.29) is 0 Å². The first-order valence-corrected chi connectivity index (χ1v) is 8.41. The van der Waals surface area contributed by atoms with E-state index < -0.39 is 0 Å². The van der Waals surface area contributed by atoms with Gasteiger partial charge in [0.15, 0.2) is 0 Å². The van der Waals surface area contributed by atoms with Crippen LogP contribution in [0.2, 0.25) is 0 Å². The van der Waals surface area contributed by atoms with Crippen LogP contribution in [0.4, 0.5) is 0 Å². The molecule has 0 bridgehead atoms. The van der Waals surface area contributed by atoms with Gasteiger partial charge < -0.3 is 0 Å². The van der Waals surface area contributed by atoms with Crippen molar-refractivity contribution in [2.45, 2.75) is 89.9 Å². The Morgan fingerprint density at radius 2 is 1.12 bits per heavy atom. The minimum Gasteiger partial charge on any atom is -0.0533 e. The van der Waals surface area contributed by atoms with Crippen LogP contribution in [0.5, 0.6) is 0 Å². The van der Waals surface area contributed by atoms with Crippen molar-refractivity contribution in [1.29, 1.82) is 0 Å². The predicted octanol–water partition coefficient (Wildman–Crippen LogP) is 5.71. The van der Waals surface area contributed by atoms with Crippen molar-refractivity contribution in [1.82, 2.24) is 0 Å². The lowest BCUT2D eigenvalue weighted by atomic mass is 9.84. The van der Waals surface area contributed by atoms with Gasteiger partial charge in [-0.05, 0) is 36.5 Å². The molecular weight excluding hydrogens is 204 g/mol. The Morgan fingerprint density at radius 1 is 0.588 bits per heavy atom. The van der Waals surface area contributed by atoms with Crippen molar-refractivity contribution >= 4 is 0 Å². The summed E-state index contributed by atoms with van der Waals surface area (Å²) < 4.78 is 0. The summed E-state index contributed by atoms with van der Waals surface area (Å²) in [6.45, 7) is 0. The first-order chi connectivity index (χ1) is 8.41. The van der Waals surface area contributed by atoms with Crippen molar-refractivity contribution in [3.05, 3.63) is 0 Å². The topological polar surface area (TPSA) is 0 Å². The van der Waals surface area contributed by atoms with Crippen LogP contribution in [0.3, 0.4) is 0 Å². The largest absolute Gasteiger partial charge is 0.0533 e. The van der Waals surface area contributed by atoms with E-state index in [4.69, 9.17) is 0 Å². The maximum Gasteiger partial charge on any atom is -0.0263 e. The molecule has 1 atom stereocenters. The summed E-state index contributed by atoms with van der Waals surface area (Å²) in [6.07, 6.45) is 21.7. The Balaban J connectivity index is 1.56. The zero-order valence-electron chi connectivity index (χ0n) is 11.6. The summed E-state index contributed by atoms with van der Waals surface area (Å²) in [5.74, 6) is 2.32.